The van der Waals surface area contributed by atoms with Crippen LogP contribution in [0.5, 0.6) is 5.75 Å². The number of thiazole rings is 1. The SMILES string of the molecule is CCC(C)C(CC(=O)C1CCCCN1C)C(=O)N(CCOC)[C@H](C[C@@H](OCOC)c1nc(C(=O)N[C@@H](Cc2ccc(O)cc2)C[C@H](C)C(=O)O)cs1)C(C)C. The first-order valence-electron chi connectivity index (χ1n) is 19.6. The number of phenols is 1. The summed E-state index contributed by atoms with van der Waals surface area (Å²) in [5, 5.41) is 24.5. The van der Waals surface area contributed by atoms with E-state index in [4.69, 9.17) is 19.2 Å². The molecule has 2 amide bonds. The minimum Gasteiger partial charge on any atom is -0.508 e. The number of nitrogens with one attached hydrogen (secondary N) is 1. The first kappa shape index (κ1) is 46.0. The highest BCUT2D eigenvalue weighted by Gasteiger charge is 2.38. The van der Waals surface area contributed by atoms with Gasteiger partial charge in [-0.2, -0.15) is 0 Å². The van der Waals surface area contributed by atoms with Gasteiger partial charge in [-0.15, -0.1) is 11.3 Å². The van der Waals surface area contributed by atoms with Crippen LogP contribution in [0.2, 0.25) is 0 Å². The van der Waals surface area contributed by atoms with Gasteiger partial charge in [-0.1, -0.05) is 59.6 Å². The smallest absolute Gasteiger partial charge is 0.306 e. The molecule has 0 bridgehead atoms. The van der Waals surface area contributed by atoms with Crippen molar-refractivity contribution in [3.05, 3.63) is 45.9 Å². The lowest BCUT2D eigenvalue weighted by Crippen LogP contribution is -2.50. The second kappa shape index (κ2) is 23.0. The molecule has 1 saturated heterocycles. The lowest BCUT2D eigenvalue weighted by Gasteiger charge is -2.40. The summed E-state index contributed by atoms with van der Waals surface area (Å²) >= 11 is 1.27. The number of ketones is 1. The molecule has 14 heteroatoms. The van der Waals surface area contributed by atoms with Crippen LogP contribution >= 0.6 is 11.3 Å². The maximum Gasteiger partial charge on any atom is 0.306 e. The molecule has 0 spiro atoms. The molecule has 1 fully saturated rings. The van der Waals surface area contributed by atoms with Gasteiger partial charge in [0.15, 0.2) is 5.78 Å². The van der Waals surface area contributed by atoms with Gasteiger partial charge in [0.2, 0.25) is 5.91 Å². The number of aliphatic carboxylic acids is 1. The lowest BCUT2D eigenvalue weighted by atomic mass is 9.82. The highest BCUT2D eigenvalue weighted by atomic mass is 32.1. The fourth-order valence-corrected chi connectivity index (χ4v) is 8.16. The fourth-order valence-electron chi connectivity index (χ4n) is 7.30. The number of piperidine rings is 1. The monoisotopic (exact) mass is 788 g/mol. The Morgan fingerprint density at radius 3 is 2.36 bits per heavy atom. The van der Waals surface area contributed by atoms with Crippen LogP contribution in [-0.4, -0.2) is 114 Å². The summed E-state index contributed by atoms with van der Waals surface area (Å²) in [5.41, 5.74) is 1.00. The highest BCUT2D eigenvalue weighted by molar-refractivity contribution is 7.09. The summed E-state index contributed by atoms with van der Waals surface area (Å²) in [6.07, 6.45) is 4.11. The third-order valence-electron chi connectivity index (χ3n) is 10.9. The van der Waals surface area contributed by atoms with E-state index < -0.39 is 35.9 Å². The third-order valence-corrected chi connectivity index (χ3v) is 11.8. The molecule has 3 rings (SSSR count). The number of carboxylic acid groups (broad SMARTS) is 1. The van der Waals surface area contributed by atoms with E-state index in [2.05, 4.69) is 31.0 Å². The number of Topliss-reactive ketones (excluding diaryl/α,β-unsaturated/α-hetero) is 1. The van der Waals surface area contributed by atoms with Gasteiger partial charge in [0, 0.05) is 57.0 Å². The van der Waals surface area contributed by atoms with Crippen molar-refractivity contribution in [2.75, 3.05) is 47.8 Å². The van der Waals surface area contributed by atoms with Crippen LogP contribution in [0.1, 0.15) is 107 Å². The Morgan fingerprint density at radius 2 is 1.76 bits per heavy atom. The van der Waals surface area contributed by atoms with Crippen LogP contribution in [-0.2, 0) is 35.0 Å². The van der Waals surface area contributed by atoms with Crippen LogP contribution in [0.3, 0.4) is 0 Å². The largest absolute Gasteiger partial charge is 0.508 e. The van der Waals surface area contributed by atoms with Crippen molar-refractivity contribution in [1.82, 2.24) is 20.1 Å². The Bertz CT molecular complexity index is 1500. The number of hydrogen-bond acceptors (Lipinski definition) is 11. The quantitative estimate of drug-likeness (QED) is 0.108. The summed E-state index contributed by atoms with van der Waals surface area (Å²) in [4.78, 5) is 62.5. The number of likely N-dealkylation sites (tertiary alicyclic amines) is 1. The van der Waals surface area contributed by atoms with Crippen molar-refractivity contribution < 1.29 is 43.6 Å². The van der Waals surface area contributed by atoms with E-state index in [1.807, 2.05) is 18.9 Å². The zero-order valence-electron chi connectivity index (χ0n) is 34.0. The molecule has 1 aliphatic heterocycles. The Hall–Kier alpha value is -3.43. The summed E-state index contributed by atoms with van der Waals surface area (Å²) in [6.45, 7) is 11.3. The maximum absolute atomic E-state index is 14.7. The average molecular weight is 789 g/mol. The van der Waals surface area contributed by atoms with E-state index in [0.717, 1.165) is 37.8 Å². The second-order valence-corrected chi connectivity index (χ2v) is 16.3. The van der Waals surface area contributed by atoms with Gasteiger partial charge in [-0.3, -0.25) is 24.1 Å². The number of amides is 2. The molecule has 0 radical (unpaired) electrons. The van der Waals surface area contributed by atoms with E-state index in [9.17, 15) is 29.4 Å². The van der Waals surface area contributed by atoms with Crippen molar-refractivity contribution in [2.45, 2.75) is 110 Å². The predicted molar refractivity (Wildman–Crippen MR) is 212 cm³/mol. The van der Waals surface area contributed by atoms with Crippen molar-refractivity contribution in [3.63, 3.8) is 0 Å². The zero-order chi connectivity index (χ0) is 40.7. The standard InChI is InChI=1S/C41H64N4O9S/c1-9-27(4)32(22-36(47)34-12-10-11-17-44(34)6)40(49)45(18-19-52-7)35(26(2)3)23-37(54-25-53-8)39-43-33(24-55-39)38(48)42-30(20-28(5)41(50)51)21-29-13-15-31(46)16-14-29/h13-16,24,26-28,30,32,34-35,37,46H,9-12,17-23,25H2,1-8H3,(H,42,48)(H,50,51)/t27?,28-,30+,32?,34?,35+,37+/m0/s1. The van der Waals surface area contributed by atoms with Crippen molar-refractivity contribution in [3.8, 4) is 5.75 Å². The number of carboxylic acids is 1. The molecule has 2 heterocycles. The van der Waals surface area contributed by atoms with E-state index >= 15 is 0 Å². The first-order valence-corrected chi connectivity index (χ1v) is 20.5. The Balaban J connectivity index is 1.89. The molecular weight excluding hydrogens is 725 g/mol. The topological polar surface area (TPSA) is 168 Å². The van der Waals surface area contributed by atoms with Gasteiger partial charge in [-0.25, -0.2) is 4.98 Å². The number of nitrogens with zero attached hydrogens (tertiary/aromatic N) is 3. The second-order valence-electron chi connectivity index (χ2n) is 15.4. The van der Waals surface area contributed by atoms with Crippen molar-refractivity contribution >= 4 is 34.9 Å². The molecule has 308 valence electrons. The molecule has 2 aromatic rings. The molecule has 7 atom stereocenters. The molecule has 1 aliphatic rings. The van der Waals surface area contributed by atoms with Crippen molar-refractivity contribution in [1.29, 1.82) is 0 Å². The number of ether oxygens (including phenoxy) is 3. The number of rotatable bonds is 24. The molecule has 1 aromatic heterocycles. The molecule has 3 N–H and O–H groups in total. The number of carbonyl (C=O) groups excluding carboxylic acids is 3. The summed E-state index contributed by atoms with van der Waals surface area (Å²) < 4.78 is 17.0. The van der Waals surface area contributed by atoms with Gasteiger partial charge in [0.05, 0.1) is 18.6 Å². The fraction of sp³-hybridized carbons (Fsp3) is 0.683. The molecule has 3 unspecified atom stereocenters. The highest BCUT2D eigenvalue weighted by Crippen LogP contribution is 2.33. The number of aromatic hydroxyl groups is 1. The number of methoxy groups -OCH3 is 2. The van der Waals surface area contributed by atoms with Gasteiger partial charge >= 0.3 is 5.97 Å². The van der Waals surface area contributed by atoms with Crippen LogP contribution in [0.15, 0.2) is 29.6 Å². The van der Waals surface area contributed by atoms with Gasteiger partial charge in [-0.05, 0) is 68.8 Å². The minimum absolute atomic E-state index is 0.00757. The van der Waals surface area contributed by atoms with E-state index in [0.29, 0.717) is 31.0 Å². The Labute approximate surface area is 331 Å². The number of carbonyl (C=O) groups is 4. The van der Waals surface area contributed by atoms with Crippen LogP contribution < -0.4 is 5.32 Å². The van der Waals surface area contributed by atoms with Crippen LogP contribution in [0.4, 0.5) is 0 Å². The third kappa shape index (κ3) is 13.9. The normalized spacial score (nSPS) is 18.2. The van der Waals surface area contributed by atoms with E-state index in [1.54, 1.807) is 43.7 Å². The first-order chi connectivity index (χ1) is 26.2. The van der Waals surface area contributed by atoms with Crippen molar-refractivity contribution in [2.24, 2.45) is 23.7 Å². The Morgan fingerprint density at radius 1 is 1.05 bits per heavy atom. The Kier molecular flexibility index (Phi) is 19.2. The number of benzene rings is 1. The molecule has 0 aliphatic carbocycles. The van der Waals surface area contributed by atoms with Gasteiger partial charge in [0.1, 0.15) is 29.3 Å². The minimum atomic E-state index is -0.962. The molecule has 13 nitrogen and oxygen atoms in total. The number of hydrogen-bond donors (Lipinski definition) is 3. The lowest BCUT2D eigenvalue weighted by molar-refractivity contribution is -0.146. The summed E-state index contributed by atoms with van der Waals surface area (Å²) in [7, 11) is 5.12. The van der Waals surface area contributed by atoms with Gasteiger partial charge in [0.25, 0.3) is 5.91 Å². The predicted octanol–water partition coefficient (Wildman–Crippen LogP) is 5.96. The van der Waals surface area contributed by atoms with Gasteiger partial charge < -0.3 is 34.6 Å². The summed E-state index contributed by atoms with van der Waals surface area (Å²) in [5.74, 6) is -2.47. The molecule has 0 saturated carbocycles. The van der Waals surface area contributed by atoms with Crippen LogP contribution in [0.25, 0.3) is 0 Å². The number of phenolic OH excluding ortho intramolecular Hbond substituents is 1. The zero-order valence-corrected chi connectivity index (χ0v) is 34.8. The number of likely N-dealkylation sites (N-methyl/N-ethyl adjacent to an activating group) is 1. The van der Waals surface area contributed by atoms with E-state index in [1.165, 1.54) is 18.4 Å². The molecule has 1 aromatic carbocycles. The maximum atomic E-state index is 14.7. The van der Waals surface area contributed by atoms with E-state index in [-0.39, 0.29) is 66.7 Å². The number of aromatic nitrogens is 1. The molecular formula is C41H64N4O9S. The summed E-state index contributed by atoms with van der Waals surface area (Å²) in [6, 6.07) is 5.58. The average Bonchev–Trinajstić information content (AvgIpc) is 3.65. The van der Waals surface area contributed by atoms with Crippen LogP contribution in [0, 0.1) is 23.7 Å². The molecule has 55 heavy (non-hydrogen) atoms.